The number of aromatic hydroxyl groups is 1. The maximum absolute atomic E-state index is 11.9. The summed E-state index contributed by atoms with van der Waals surface area (Å²) < 4.78 is 0. The van der Waals surface area contributed by atoms with E-state index in [1.54, 1.807) is 19.1 Å². The number of phenols is 1. The van der Waals surface area contributed by atoms with Gasteiger partial charge in [-0.2, -0.15) is 0 Å². The van der Waals surface area contributed by atoms with Crippen LogP contribution in [-0.2, 0) is 0 Å². The van der Waals surface area contributed by atoms with Gasteiger partial charge in [-0.05, 0) is 42.9 Å². The normalized spacial score (nSPS) is 16.6. The summed E-state index contributed by atoms with van der Waals surface area (Å²) in [5.41, 5.74) is 1.56. The molecule has 92 valence electrons. The zero-order valence-corrected chi connectivity index (χ0v) is 11.4. The van der Waals surface area contributed by atoms with Crippen LogP contribution in [0.1, 0.15) is 28.8 Å². The van der Waals surface area contributed by atoms with E-state index in [-0.39, 0.29) is 17.1 Å². The van der Waals surface area contributed by atoms with Crippen molar-refractivity contribution in [2.45, 2.75) is 19.8 Å². The van der Waals surface area contributed by atoms with Crippen LogP contribution in [0.3, 0.4) is 0 Å². The van der Waals surface area contributed by atoms with Gasteiger partial charge < -0.3 is 10.4 Å². The minimum Gasteiger partial charge on any atom is -0.508 e. The van der Waals surface area contributed by atoms with Crippen LogP contribution in [-0.4, -0.2) is 22.9 Å². The number of alkyl halides is 1. The fraction of sp³-hybridized carbons (Fsp3) is 0.462. The Morgan fingerprint density at radius 3 is 2.76 bits per heavy atom. The highest BCUT2D eigenvalue weighted by Crippen LogP contribution is 2.46. The number of amides is 1. The van der Waals surface area contributed by atoms with Crippen LogP contribution < -0.4 is 5.32 Å². The fourth-order valence-corrected chi connectivity index (χ4v) is 2.41. The molecule has 1 aromatic carbocycles. The molecular weight excluding hydrogens is 282 g/mol. The second-order valence-electron chi connectivity index (χ2n) is 4.82. The van der Waals surface area contributed by atoms with Gasteiger partial charge in [-0.25, -0.2) is 0 Å². The first kappa shape index (κ1) is 12.4. The first-order valence-electron chi connectivity index (χ1n) is 5.70. The van der Waals surface area contributed by atoms with E-state index in [2.05, 4.69) is 21.2 Å². The molecule has 2 N–H and O–H groups in total. The average molecular weight is 298 g/mol. The smallest absolute Gasteiger partial charge is 0.251 e. The van der Waals surface area contributed by atoms with Gasteiger partial charge in [0.15, 0.2) is 0 Å². The summed E-state index contributed by atoms with van der Waals surface area (Å²) in [6.07, 6.45) is 2.33. The molecule has 2 rings (SSSR count). The second-order valence-corrected chi connectivity index (χ2v) is 5.38. The standard InChI is InChI=1S/C13H16BrNO2/c1-9-2-3-10(6-11(9)16)12(17)15-8-13(7-14)4-5-13/h2-3,6,16H,4-5,7-8H2,1H3,(H,15,17). The Morgan fingerprint density at radius 2 is 2.24 bits per heavy atom. The molecule has 0 aliphatic heterocycles. The summed E-state index contributed by atoms with van der Waals surface area (Å²) in [5.74, 6) is 0.0480. The Hall–Kier alpha value is -1.03. The fourth-order valence-electron chi connectivity index (χ4n) is 1.65. The van der Waals surface area contributed by atoms with Crippen molar-refractivity contribution in [1.29, 1.82) is 0 Å². The summed E-state index contributed by atoms with van der Waals surface area (Å²) in [6, 6.07) is 5.00. The van der Waals surface area contributed by atoms with E-state index in [4.69, 9.17) is 0 Å². The van der Waals surface area contributed by atoms with Gasteiger partial charge in [-0.1, -0.05) is 22.0 Å². The molecule has 0 heterocycles. The summed E-state index contributed by atoms with van der Waals surface area (Å²) in [6.45, 7) is 2.51. The van der Waals surface area contributed by atoms with Crippen molar-refractivity contribution >= 4 is 21.8 Å². The molecular formula is C13H16BrNO2. The van der Waals surface area contributed by atoms with Crippen LogP contribution in [0.25, 0.3) is 0 Å². The van der Waals surface area contributed by atoms with E-state index in [0.717, 1.165) is 23.7 Å². The van der Waals surface area contributed by atoms with Crippen molar-refractivity contribution in [2.24, 2.45) is 5.41 Å². The average Bonchev–Trinajstić information content (AvgIpc) is 3.10. The first-order chi connectivity index (χ1) is 8.06. The molecule has 0 aromatic heterocycles. The van der Waals surface area contributed by atoms with Crippen molar-refractivity contribution in [3.05, 3.63) is 29.3 Å². The number of phenolic OH excluding ortho intramolecular Hbond substituents is 1. The Balaban J connectivity index is 1.97. The predicted octanol–water partition coefficient (Wildman–Crippen LogP) is 2.61. The Morgan fingerprint density at radius 1 is 1.53 bits per heavy atom. The van der Waals surface area contributed by atoms with E-state index in [1.807, 2.05) is 0 Å². The van der Waals surface area contributed by atoms with Gasteiger partial charge >= 0.3 is 0 Å². The number of aryl methyl sites for hydroxylation is 1. The van der Waals surface area contributed by atoms with Crippen LogP contribution in [0, 0.1) is 12.3 Å². The van der Waals surface area contributed by atoms with Crippen LogP contribution in [0.4, 0.5) is 0 Å². The molecule has 0 radical (unpaired) electrons. The number of hydrogen-bond donors (Lipinski definition) is 2. The Labute approximate surface area is 109 Å². The summed E-state index contributed by atoms with van der Waals surface area (Å²) in [5, 5.41) is 13.4. The summed E-state index contributed by atoms with van der Waals surface area (Å²) >= 11 is 3.47. The van der Waals surface area contributed by atoms with Crippen molar-refractivity contribution in [2.75, 3.05) is 11.9 Å². The Bertz CT molecular complexity index is 441. The van der Waals surface area contributed by atoms with E-state index < -0.39 is 0 Å². The molecule has 17 heavy (non-hydrogen) atoms. The molecule has 3 nitrogen and oxygen atoms in total. The third-order valence-corrected chi connectivity index (χ3v) is 4.53. The van der Waals surface area contributed by atoms with Crippen LogP contribution in [0.5, 0.6) is 5.75 Å². The van der Waals surface area contributed by atoms with Crippen LogP contribution >= 0.6 is 15.9 Å². The van der Waals surface area contributed by atoms with Crippen molar-refractivity contribution in [3.63, 3.8) is 0 Å². The molecule has 0 atom stereocenters. The highest BCUT2D eigenvalue weighted by molar-refractivity contribution is 9.09. The van der Waals surface area contributed by atoms with E-state index in [0.29, 0.717) is 12.1 Å². The number of benzene rings is 1. The minimum atomic E-state index is -0.118. The van der Waals surface area contributed by atoms with Gasteiger partial charge in [-0.3, -0.25) is 4.79 Å². The number of rotatable bonds is 4. The number of hydrogen-bond acceptors (Lipinski definition) is 2. The van der Waals surface area contributed by atoms with Gasteiger partial charge in [-0.15, -0.1) is 0 Å². The number of nitrogens with one attached hydrogen (secondary N) is 1. The minimum absolute atomic E-state index is 0.118. The molecule has 1 aliphatic carbocycles. The molecule has 1 aromatic rings. The maximum Gasteiger partial charge on any atom is 0.251 e. The maximum atomic E-state index is 11.9. The molecule has 0 bridgehead atoms. The van der Waals surface area contributed by atoms with E-state index in [9.17, 15) is 9.90 Å². The molecule has 1 aliphatic rings. The lowest BCUT2D eigenvalue weighted by Crippen LogP contribution is -2.30. The number of carbonyl (C=O) groups excluding carboxylic acids is 1. The van der Waals surface area contributed by atoms with Gasteiger partial charge in [0.05, 0.1) is 0 Å². The summed E-state index contributed by atoms with van der Waals surface area (Å²) in [4.78, 5) is 11.9. The lowest BCUT2D eigenvalue weighted by atomic mass is 10.1. The summed E-state index contributed by atoms with van der Waals surface area (Å²) in [7, 11) is 0. The van der Waals surface area contributed by atoms with Gasteiger partial charge in [0.25, 0.3) is 5.91 Å². The number of carbonyl (C=O) groups is 1. The Kier molecular flexibility index (Phi) is 3.43. The molecule has 0 spiro atoms. The molecule has 0 saturated heterocycles. The second kappa shape index (κ2) is 4.69. The van der Waals surface area contributed by atoms with E-state index in [1.165, 1.54) is 6.07 Å². The lowest BCUT2D eigenvalue weighted by Gasteiger charge is -2.12. The van der Waals surface area contributed by atoms with Gasteiger partial charge in [0, 0.05) is 17.4 Å². The third-order valence-electron chi connectivity index (χ3n) is 3.34. The largest absolute Gasteiger partial charge is 0.508 e. The molecule has 1 saturated carbocycles. The highest BCUT2D eigenvalue weighted by atomic mass is 79.9. The molecule has 1 fully saturated rings. The zero-order valence-electron chi connectivity index (χ0n) is 9.79. The molecule has 0 unspecified atom stereocenters. The topological polar surface area (TPSA) is 49.3 Å². The lowest BCUT2D eigenvalue weighted by molar-refractivity contribution is 0.0946. The van der Waals surface area contributed by atoms with Gasteiger partial charge in [0.2, 0.25) is 0 Å². The zero-order chi connectivity index (χ0) is 12.5. The third kappa shape index (κ3) is 2.80. The SMILES string of the molecule is Cc1ccc(C(=O)NCC2(CBr)CC2)cc1O. The van der Waals surface area contributed by atoms with Crippen LogP contribution in [0.15, 0.2) is 18.2 Å². The van der Waals surface area contributed by atoms with E-state index >= 15 is 0 Å². The number of halogens is 1. The van der Waals surface area contributed by atoms with Gasteiger partial charge in [0.1, 0.15) is 5.75 Å². The first-order valence-corrected chi connectivity index (χ1v) is 6.82. The van der Waals surface area contributed by atoms with Crippen molar-refractivity contribution in [1.82, 2.24) is 5.32 Å². The van der Waals surface area contributed by atoms with Crippen LogP contribution in [0.2, 0.25) is 0 Å². The quantitative estimate of drug-likeness (QED) is 0.840. The molecule has 4 heteroatoms. The molecule has 1 amide bonds. The van der Waals surface area contributed by atoms with Crippen molar-refractivity contribution < 1.29 is 9.90 Å². The predicted molar refractivity (Wildman–Crippen MR) is 70.6 cm³/mol. The highest BCUT2D eigenvalue weighted by Gasteiger charge is 2.41. The van der Waals surface area contributed by atoms with Crippen molar-refractivity contribution in [3.8, 4) is 5.75 Å². The monoisotopic (exact) mass is 297 g/mol.